The first-order chi connectivity index (χ1) is 12.5. The Bertz CT molecular complexity index is 874. The van der Waals surface area contributed by atoms with E-state index in [-0.39, 0.29) is 11.7 Å². The van der Waals surface area contributed by atoms with Crippen LogP contribution in [-0.4, -0.2) is 38.0 Å². The molecule has 0 saturated carbocycles. The molecule has 1 fully saturated rings. The van der Waals surface area contributed by atoms with Crippen molar-refractivity contribution in [2.45, 2.75) is 23.5 Å². The van der Waals surface area contributed by atoms with Crippen LogP contribution in [0, 0.1) is 0 Å². The Morgan fingerprint density at radius 1 is 1.12 bits per heavy atom. The number of carbonyl (C=O) groups excluding carboxylic acids is 1. The van der Waals surface area contributed by atoms with Gasteiger partial charge in [-0.25, -0.2) is 12.7 Å². The minimum atomic E-state index is -3.27. The Balaban J connectivity index is 1.65. The van der Waals surface area contributed by atoms with Gasteiger partial charge < -0.3 is 5.32 Å². The molecule has 0 radical (unpaired) electrons. The molecule has 0 aromatic heterocycles. The fraction of sp³-hybridized carbons (Fsp3) is 0.316. The third-order valence-electron chi connectivity index (χ3n) is 4.35. The number of hydrogen-bond acceptors (Lipinski definition) is 4. The number of hydrogen-bond donors (Lipinski definition) is 1. The zero-order chi connectivity index (χ0) is 18.6. The Hall–Kier alpha value is -1.83. The molecule has 0 bridgehead atoms. The van der Waals surface area contributed by atoms with Gasteiger partial charge in [0.25, 0.3) is 5.91 Å². The van der Waals surface area contributed by atoms with Crippen molar-refractivity contribution in [1.82, 2.24) is 4.31 Å². The molecule has 0 aliphatic carbocycles. The van der Waals surface area contributed by atoms with Gasteiger partial charge in [-0.05, 0) is 55.0 Å². The van der Waals surface area contributed by atoms with Crippen LogP contribution in [0.15, 0.2) is 53.4 Å². The van der Waals surface area contributed by atoms with Crippen LogP contribution in [0.5, 0.6) is 0 Å². The summed E-state index contributed by atoms with van der Waals surface area (Å²) in [5, 5.41) is 2.87. The molecular formula is C19H22N2O3S2. The predicted molar refractivity (Wildman–Crippen MR) is 106 cm³/mol. The van der Waals surface area contributed by atoms with E-state index in [1.807, 2.05) is 30.5 Å². The van der Waals surface area contributed by atoms with Gasteiger partial charge >= 0.3 is 0 Å². The highest BCUT2D eigenvalue weighted by Gasteiger charge is 2.25. The highest BCUT2D eigenvalue weighted by molar-refractivity contribution is 7.98. The van der Waals surface area contributed by atoms with Gasteiger partial charge in [-0.3, -0.25) is 4.79 Å². The van der Waals surface area contributed by atoms with Crippen LogP contribution in [0.4, 0.5) is 5.69 Å². The Labute approximate surface area is 158 Å². The van der Waals surface area contributed by atoms with Gasteiger partial charge in [0.1, 0.15) is 0 Å². The van der Waals surface area contributed by atoms with E-state index in [2.05, 4.69) is 5.32 Å². The predicted octanol–water partition coefficient (Wildman–Crippen LogP) is 3.59. The van der Waals surface area contributed by atoms with E-state index in [9.17, 15) is 13.2 Å². The smallest absolute Gasteiger partial charge is 0.255 e. The molecule has 1 N–H and O–H groups in total. The first-order valence-electron chi connectivity index (χ1n) is 8.50. The molecule has 1 saturated heterocycles. The summed E-state index contributed by atoms with van der Waals surface area (Å²) < 4.78 is 26.3. The van der Waals surface area contributed by atoms with E-state index in [0.717, 1.165) is 23.4 Å². The maximum atomic E-state index is 12.4. The van der Waals surface area contributed by atoms with Gasteiger partial charge in [0.15, 0.2) is 0 Å². The van der Waals surface area contributed by atoms with Gasteiger partial charge in [0, 0.05) is 29.2 Å². The minimum absolute atomic E-state index is 0.0231. The molecule has 1 amide bonds. The second-order valence-corrected chi connectivity index (χ2v) is 9.09. The van der Waals surface area contributed by atoms with Crippen LogP contribution < -0.4 is 5.32 Å². The summed E-state index contributed by atoms with van der Waals surface area (Å²) in [4.78, 5) is 13.4. The molecule has 0 spiro atoms. The van der Waals surface area contributed by atoms with Crippen molar-refractivity contribution in [3.63, 3.8) is 0 Å². The van der Waals surface area contributed by atoms with E-state index in [1.54, 1.807) is 40.3 Å². The summed E-state index contributed by atoms with van der Waals surface area (Å²) in [5.74, 6) is -0.234. The molecule has 0 atom stereocenters. The monoisotopic (exact) mass is 390 g/mol. The SMILES string of the molecule is CSc1cccc(NC(=O)c2ccc(CS(=O)(=O)N3CCCC3)cc2)c1. The number of rotatable bonds is 6. The van der Waals surface area contributed by atoms with Crippen molar-refractivity contribution in [3.05, 3.63) is 59.7 Å². The maximum Gasteiger partial charge on any atom is 0.255 e. The average Bonchev–Trinajstić information content (AvgIpc) is 3.18. The summed E-state index contributed by atoms with van der Waals surface area (Å²) in [6.07, 6.45) is 3.84. The lowest BCUT2D eigenvalue weighted by atomic mass is 10.1. The number of anilines is 1. The van der Waals surface area contributed by atoms with Crippen molar-refractivity contribution in [3.8, 4) is 0 Å². The average molecular weight is 391 g/mol. The van der Waals surface area contributed by atoms with Crippen molar-refractivity contribution in [1.29, 1.82) is 0 Å². The summed E-state index contributed by atoms with van der Waals surface area (Å²) in [5.41, 5.74) is 1.93. The van der Waals surface area contributed by atoms with E-state index in [1.165, 1.54) is 0 Å². The number of nitrogens with zero attached hydrogens (tertiary/aromatic N) is 1. The molecule has 7 heteroatoms. The van der Waals surface area contributed by atoms with E-state index < -0.39 is 10.0 Å². The molecule has 0 unspecified atom stereocenters. The molecule has 1 aliphatic heterocycles. The Morgan fingerprint density at radius 3 is 2.46 bits per heavy atom. The first-order valence-corrected chi connectivity index (χ1v) is 11.3. The standard InChI is InChI=1S/C19H22N2O3S2/c1-25-18-6-4-5-17(13-18)20-19(22)16-9-7-15(8-10-16)14-26(23,24)21-11-2-3-12-21/h4-10,13H,2-3,11-12,14H2,1H3,(H,20,22). The van der Waals surface area contributed by atoms with Crippen LogP contribution in [-0.2, 0) is 15.8 Å². The topological polar surface area (TPSA) is 66.5 Å². The first kappa shape index (κ1) is 18.9. The minimum Gasteiger partial charge on any atom is -0.322 e. The third kappa shape index (κ3) is 4.66. The lowest BCUT2D eigenvalue weighted by molar-refractivity contribution is 0.102. The van der Waals surface area contributed by atoms with Crippen LogP contribution in [0.2, 0.25) is 0 Å². The van der Waals surface area contributed by atoms with Crippen molar-refractivity contribution in [2.24, 2.45) is 0 Å². The van der Waals surface area contributed by atoms with Crippen LogP contribution >= 0.6 is 11.8 Å². The van der Waals surface area contributed by atoms with E-state index in [4.69, 9.17) is 0 Å². The largest absolute Gasteiger partial charge is 0.322 e. The summed E-state index contributed by atoms with van der Waals surface area (Å²) in [7, 11) is -3.27. The molecular weight excluding hydrogens is 368 g/mol. The van der Waals surface area contributed by atoms with Crippen molar-refractivity contribution >= 4 is 33.4 Å². The summed E-state index contributed by atoms with van der Waals surface area (Å²) >= 11 is 1.61. The molecule has 138 valence electrons. The number of sulfonamides is 1. The lowest BCUT2D eigenvalue weighted by Crippen LogP contribution is -2.29. The van der Waals surface area contributed by atoms with Crippen LogP contribution in [0.3, 0.4) is 0 Å². The molecule has 1 heterocycles. The van der Waals surface area contributed by atoms with Gasteiger partial charge in [-0.2, -0.15) is 0 Å². The molecule has 26 heavy (non-hydrogen) atoms. The number of nitrogens with one attached hydrogen (secondary N) is 1. The summed E-state index contributed by atoms with van der Waals surface area (Å²) in [6, 6.07) is 14.4. The summed E-state index contributed by atoms with van der Waals surface area (Å²) in [6.45, 7) is 1.22. The normalized spacial score (nSPS) is 15.1. The molecule has 2 aromatic carbocycles. The van der Waals surface area contributed by atoms with Gasteiger partial charge in [0.2, 0.25) is 10.0 Å². The quantitative estimate of drug-likeness (QED) is 0.766. The second kappa shape index (κ2) is 8.24. The number of amides is 1. The molecule has 2 aromatic rings. The number of thioether (sulfide) groups is 1. The highest BCUT2D eigenvalue weighted by Crippen LogP contribution is 2.20. The lowest BCUT2D eigenvalue weighted by Gasteiger charge is -2.15. The van der Waals surface area contributed by atoms with Gasteiger partial charge in [-0.1, -0.05) is 18.2 Å². The van der Waals surface area contributed by atoms with Crippen molar-refractivity contribution < 1.29 is 13.2 Å². The molecule has 1 aliphatic rings. The van der Waals surface area contributed by atoms with Crippen molar-refractivity contribution in [2.75, 3.05) is 24.7 Å². The zero-order valence-corrected chi connectivity index (χ0v) is 16.3. The second-order valence-electron chi connectivity index (χ2n) is 6.25. The molecule has 5 nitrogen and oxygen atoms in total. The highest BCUT2D eigenvalue weighted by atomic mass is 32.2. The van der Waals surface area contributed by atoms with Gasteiger partial charge in [0.05, 0.1) is 5.75 Å². The number of benzene rings is 2. The number of carbonyl (C=O) groups is 1. The van der Waals surface area contributed by atoms with Gasteiger partial charge in [-0.15, -0.1) is 11.8 Å². The zero-order valence-electron chi connectivity index (χ0n) is 14.6. The Morgan fingerprint density at radius 2 is 1.81 bits per heavy atom. The van der Waals surface area contributed by atoms with E-state index >= 15 is 0 Å². The fourth-order valence-electron chi connectivity index (χ4n) is 2.92. The maximum absolute atomic E-state index is 12.4. The van der Waals surface area contributed by atoms with E-state index in [0.29, 0.717) is 24.2 Å². The molecule has 3 rings (SSSR count). The van der Waals surface area contributed by atoms with Crippen LogP contribution in [0.25, 0.3) is 0 Å². The Kier molecular flexibility index (Phi) is 6.01. The fourth-order valence-corrected chi connectivity index (χ4v) is 4.99. The third-order valence-corrected chi connectivity index (χ3v) is 6.93. The van der Waals surface area contributed by atoms with Crippen LogP contribution in [0.1, 0.15) is 28.8 Å².